The molecule has 0 aromatic heterocycles. The molecule has 0 bridgehead atoms. The quantitative estimate of drug-likeness (QED) is 0.0346. The summed E-state index contributed by atoms with van der Waals surface area (Å²) >= 11 is 0. The third kappa shape index (κ3) is 21.7. The summed E-state index contributed by atoms with van der Waals surface area (Å²) in [5.41, 5.74) is 0. The lowest BCUT2D eigenvalue weighted by atomic mass is 9.99. The van der Waals surface area contributed by atoms with Crippen LogP contribution in [0.3, 0.4) is 0 Å². The smallest absolute Gasteiger partial charge is 0.220 e. The Balaban J connectivity index is 2.48. The summed E-state index contributed by atoms with van der Waals surface area (Å²) in [5.74, 6) is -0.190. The molecular formula is C39H73NO8. The molecule has 0 aliphatic carbocycles. The van der Waals surface area contributed by atoms with Crippen LogP contribution in [0.2, 0.25) is 0 Å². The minimum atomic E-state index is -1.57. The summed E-state index contributed by atoms with van der Waals surface area (Å²) in [7, 11) is 0. The molecule has 0 aromatic carbocycles. The number of nitrogens with one attached hydrogen (secondary N) is 1. The van der Waals surface area contributed by atoms with Crippen molar-refractivity contribution < 1.29 is 39.8 Å². The predicted octanol–water partition coefficient (Wildman–Crippen LogP) is 6.77. The van der Waals surface area contributed by atoms with Crippen LogP contribution in [0.15, 0.2) is 24.3 Å². The van der Waals surface area contributed by atoms with E-state index in [0.717, 1.165) is 38.5 Å². The van der Waals surface area contributed by atoms with E-state index in [1.54, 1.807) is 6.08 Å². The highest BCUT2D eigenvalue weighted by Crippen LogP contribution is 2.22. The molecule has 1 aliphatic rings. The van der Waals surface area contributed by atoms with Crippen molar-refractivity contribution in [1.82, 2.24) is 5.32 Å². The lowest BCUT2D eigenvalue weighted by Gasteiger charge is -2.40. The Bertz CT molecular complexity index is 807. The van der Waals surface area contributed by atoms with Gasteiger partial charge >= 0.3 is 0 Å². The molecular weight excluding hydrogens is 610 g/mol. The lowest BCUT2D eigenvalue weighted by molar-refractivity contribution is -0.302. The van der Waals surface area contributed by atoms with Gasteiger partial charge in [0.1, 0.15) is 24.4 Å². The highest BCUT2D eigenvalue weighted by atomic mass is 16.7. The number of carbonyl (C=O) groups is 1. The van der Waals surface area contributed by atoms with Gasteiger partial charge in [0.05, 0.1) is 25.4 Å². The first kappa shape index (κ1) is 44.7. The largest absolute Gasteiger partial charge is 0.394 e. The molecule has 0 saturated carbocycles. The zero-order valence-electron chi connectivity index (χ0n) is 30.5. The van der Waals surface area contributed by atoms with E-state index < -0.39 is 49.5 Å². The number of hydrogen-bond donors (Lipinski definition) is 6. The molecule has 1 heterocycles. The van der Waals surface area contributed by atoms with Gasteiger partial charge in [0.25, 0.3) is 0 Å². The predicted molar refractivity (Wildman–Crippen MR) is 193 cm³/mol. The van der Waals surface area contributed by atoms with Gasteiger partial charge in [-0.1, -0.05) is 147 Å². The normalized spacial score (nSPS) is 22.9. The van der Waals surface area contributed by atoms with Crippen LogP contribution < -0.4 is 5.32 Å². The molecule has 1 amide bonds. The molecule has 7 atom stereocenters. The van der Waals surface area contributed by atoms with Gasteiger partial charge in [0.2, 0.25) is 5.91 Å². The summed E-state index contributed by atoms with van der Waals surface area (Å²) in [6.07, 6.45) is 26.5. The van der Waals surface area contributed by atoms with Crippen LogP contribution in [0.1, 0.15) is 162 Å². The van der Waals surface area contributed by atoms with E-state index >= 15 is 0 Å². The fourth-order valence-corrected chi connectivity index (χ4v) is 6.05. The molecule has 1 fully saturated rings. The second-order valence-electron chi connectivity index (χ2n) is 13.7. The van der Waals surface area contributed by atoms with Crippen molar-refractivity contribution in [2.45, 2.75) is 204 Å². The molecule has 9 heteroatoms. The number of aliphatic hydroxyl groups is 5. The third-order valence-corrected chi connectivity index (χ3v) is 9.28. The topological polar surface area (TPSA) is 149 Å². The minimum Gasteiger partial charge on any atom is -0.394 e. The van der Waals surface area contributed by atoms with Gasteiger partial charge in [0, 0.05) is 6.42 Å². The maximum atomic E-state index is 12.8. The Labute approximate surface area is 292 Å². The number of carbonyl (C=O) groups excluding carboxylic acids is 1. The molecule has 1 aliphatic heterocycles. The lowest BCUT2D eigenvalue weighted by Crippen LogP contribution is -2.60. The number of rotatable bonds is 31. The maximum absolute atomic E-state index is 12.8. The van der Waals surface area contributed by atoms with Crippen molar-refractivity contribution in [3.8, 4) is 0 Å². The molecule has 9 nitrogen and oxygen atoms in total. The molecule has 48 heavy (non-hydrogen) atoms. The maximum Gasteiger partial charge on any atom is 0.220 e. The number of ether oxygens (including phenoxy) is 2. The van der Waals surface area contributed by atoms with Crippen molar-refractivity contribution in [3.05, 3.63) is 24.3 Å². The Hall–Kier alpha value is -1.33. The number of unbranched alkanes of at least 4 members (excludes halogenated alkanes) is 19. The number of allylic oxidation sites excluding steroid dienone is 3. The van der Waals surface area contributed by atoms with E-state index in [-0.39, 0.29) is 12.5 Å². The standard InChI is InChI=1S/C39H73NO8/c1-3-5-7-9-11-13-15-16-17-19-20-22-24-26-28-33(42)32(31-47-39-38(46)37(45)36(44)34(30-41)48-39)40-35(43)29-27-25-23-21-18-14-12-10-8-6-4-2/h19-20,26,28,32-34,36-39,41-42,44-46H,3-18,21-25,27,29-31H2,1-2H3,(H,40,43)/b20-19+,28-26+. The van der Waals surface area contributed by atoms with E-state index in [1.807, 2.05) is 6.08 Å². The molecule has 1 rings (SSSR count). The van der Waals surface area contributed by atoms with E-state index in [9.17, 15) is 30.3 Å². The van der Waals surface area contributed by atoms with Crippen LogP contribution in [-0.4, -0.2) is 87.5 Å². The van der Waals surface area contributed by atoms with E-state index in [1.165, 1.54) is 103 Å². The highest BCUT2D eigenvalue weighted by molar-refractivity contribution is 5.76. The van der Waals surface area contributed by atoms with Gasteiger partial charge in [-0.2, -0.15) is 0 Å². The zero-order chi connectivity index (χ0) is 35.2. The van der Waals surface area contributed by atoms with Gasteiger partial charge < -0.3 is 40.3 Å². The van der Waals surface area contributed by atoms with Crippen LogP contribution in [0, 0.1) is 0 Å². The van der Waals surface area contributed by atoms with E-state index in [2.05, 4.69) is 31.3 Å². The second-order valence-corrected chi connectivity index (χ2v) is 13.7. The molecule has 0 radical (unpaired) electrons. The van der Waals surface area contributed by atoms with Crippen molar-refractivity contribution in [2.24, 2.45) is 0 Å². The zero-order valence-corrected chi connectivity index (χ0v) is 30.5. The SMILES string of the molecule is CCCCCCCCCC/C=C/CC/C=C/C(O)C(COC1OC(CO)C(O)C(O)C1O)NC(=O)CCCCCCCCCCCCC. The summed E-state index contributed by atoms with van der Waals surface area (Å²) in [4.78, 5) is 12.8. The molecule has 0 spiro atoms. The van der Waals surface area contributed by atoms with Crippen molar-refractivity contribution >= 4 is 5.91 Å². The Morgan fingerprint density at radius 2 is 1.19 bits per heavy atom. The average molecular weight is 684 g/mol. The summed E-state index contributed by atoms with van der Waals surface area (Å²) in [5, 5.41) is 53.8. The minimum absolute atomic E-state index is 0.190. The summed E-state index contributed by atoms with van der Waals surface area (Å²) in [6.45, 7) is 3.71. The first-order chi connectivity index (χ1) is 23.3. The van der Waals surface area contributed by atoms with Crippen molar-refractivity contribution in [3.63, 3.8) is 0 Å². The number of hydrogen-bond acceptors (Lipinski definition) is 8. The average Bonchev–Trinajstić information content (AvgIpc) is 3.08. The molecule has 6 N–H and O–H groups in total. The number of aliphatic hydroxyl groups excluding tert-OH is 5. The monoisotopic (exact) mass is 684 g/mol. The summed E-state index contributed by atoms with van der Waals surface area (Å²) in [6, 6.07) is -0.814. The first-order valence-corrected chi connectivity index (χ1v) is 19.6. The Morgan fingerprint density at radius 3 is 1.75 bits per heavy atom. The van der Waals surface area contributed by atoms with Gasteiger partial charge in [-0.15, -0.1) is 0 Å². The van der Waals surface area contributed by atoms with E-state index in [4.69, 9.17) is 9.47 Å². The molecule has 0 aromatic rings. The van der Waals surface area contributed by atoms with Gasteiger partial charge in [-0.25, -0.2) is 0 Å². The van der Waals surface area contributed by atoms with Crippen LogP contribution in [0.25, 0.3) is 0 Å². The molecule has 282 valence electrons. The Kier molecular flexibility index (Phi) is 28.4. The fourth-order valence-electron chi connectivity index (χ4n) is 6.05. The van der Waals surface area contributed by atoms with Gasteiger partial charge in [-0.05, 0) is 32.1 Å². The van der Waals surface area contributed by atoms with Gasteiger partial charge in [-0.3, -0.25) is 4.79 Å². The fraction of sp³-hybridized carbons (Fsp3) is 0.872. The third-order valence-electron chi connectivity index (χ3n) is 9.28. The van der Waals surface area contributed by atoms with Crippen molar-refractivity contribution in [1.29, 1.82) is 0 Å². The number of amides is 1. The highest BCUT2D eigenvalue weighted by Gasteiger charge is 2.44. The van der Waals surface area contributed by atoms with Crippen LogP contribution in [0.4, 0.5) is 0 Å². The molecule has 1 saturated heterocycles. The summed E-state index contributed by atoms with van der Waals surface area (Å²) < 4.78 is 11.1. The van der Waals surface area contributed by atoms with Crippen LogP contribution in [0.5, 0.6) is 0 Å². The first-order valence-electron chi connectivity index (χ1n) is 19.6. The van der Waals surface area contributed by atoms with Crippen LogP contribution in [-0.2, 0) is 14.3 Å². The van der Waals surface area contributed by atoms with E-state index in [0.29, 0.717) is 6.42 Å². The Morgan fingerprint density at radius 1 is 0.688 bits per heavy atom. The second kappa shape index (κ2) is 30.5. The van der Waals surface area contributed by atoms with Gasteiger partial charge in [0.15, 0.2) is 6.29 Å². The van der Waals surface area contributed by atoms with Crippen molar-refractivity contribution in [2.75, 3.05) is 13.2 Å². The molecule has 7 unspecified atom stereocenters. The van der Waals surface area contributed by atoms with Crippen LogP contribution >= 0.6 is 0 Å².